The molecular formula is C16H24N6O2. The van der Waals surface area contributed by atoms with Crippen LogP contribution in [-0.2, 0) is 13.1 Å². The molecule has 0 saturated heterocycles. The van der Waals surface area contributed by atoms with Gasteiger partial charge >= 0.3 is 6.03 Å². The molecule has 0 spiro atoms. The Kier molecular flexibility index (Phi) is 4.82. The number of nitrogens with zero attached hydrogens (tertiary/aromatic N) is 4. The largest absolute Gasteiger partial charge is 0.339 e. The Morgan fingerprint density at radius 2 is 2.21 bits per heavy atom. The highest BCUT2D eigenvalue weighted by Gasteiger charge is 2.26. The van der Waals surface area contributed by atoms with Gasteiger partial charge in [-0.15, -0.1) is 0 Å². The maximum atomic E-state index is 12.4. The van der Waals surface area contributed by atoms with Crippen LogP contribution in [0.3, 0.4) is 0 Å². The smallest absolute Gasteiger partial charge is 0.318 e. The van der Waals surface area contributed by atoms with Gasteiger partial charge in [-0.05, 0) is 33.6 Å². The number of carbonyl (C=O) groups is 1. The van der Waals surface area contributed by atoms with Crippen molar-refractivity contribution in [1.82, 2.24) is 30.6 Å². The van der Waals surface area contributed by atoms with Gasteiger partial charge in [0.15, 0.2) is 5.82 Å². The van der Waals surface area contributed by atoms with Gasteiger partial charge in [0.2, 0.25) is 5.89 Å². The van der Waals surface area contributed by atoms with Crippen molar-refractivity contribution < 1.29 is 9.32 Å². The summed E-state index contributed by atoms with van der Waals surface area (Å²) in [6, 6.07) is -0.146. The van der Waals surface area contributed by atoms with Gasteiger partial charge in [0.05, 0.1) is 12.2 Å². The van der Waals surface area contributed by atoms with Crippen LogP contribution >= 0.6 is 0 Å². The molecule has 130 valence electrons. The molecule has 2 amide bonds. The SMILES string of the molecule is CCN(Cc1noc(C2CCC2)n1)C(=O)NCc1c(C)n[nH]c1C. The number of aromatic amines is 1. The third-order valence-corrected chi connectivity index (χ3v) is 4.64. The van der Waals surface area contributed by atoms with Crippen molar-refractivity contribution in [2.24, 2.45) is 0 Å². The fourth-order valence-electron chi connectivity index (χ4n) is 2.76. The zero-order valence-corrected chi connectivity index (χ0v) is 14.4. The summed E-state index contributed by atoms with van der Waals surface area (Å²) in [6.07, 6.45) is 3.45. The van der Waals surface area contributed by atoms with Gasteiger partial charge in [-0.2, -0.15) is 10.1 Å². The quantitative estimate of drug-likeness (QED) is 0.846. The second kappa shape index (κ2) is 7.02. The Balaban J connectivity index is 1.56. The monoisotopic (exact) mass is 332 g/mol. The molecule has 1 aliphatic carbocycles. The lowest BCUT2D eigenvalue weighted by Gasteiger charge is -2.21. The minimum atomic E-state index is -0.146. The lowest BCUT2D eigenvalue weighted by molar-refractivity contribution is 0.195. The highest BCUT2D eigenvalue weighted by molar-refractivity contribution is 5.74. The molecule has 2 aromatic rings. The number of amides is 2. The Bertz CT molecular complexity index is 684. The molecule has 0 bridgehead atoms. The van der Waals surface area contributed by atoms with Crippen molar-refractivity contribution in [3.63, 3.8) is 0 Å². The lowest BCUT2D eigenvalue weighted by Crippen LogP contribution is -2.39. The molecule has 1 saturated carbocycles. The number of aromatic nitrogens is 4. The highest BCUT2D eigenvalue weighted by Crippen LogP contribution is 2.35. The molecule has 2 aromatic heterocycles. The number of aryl methyl sites for hydroxylation is 2. The predicted molar refractivity (Wildman–Crippen MR) is 87.3 cm³/mol. The number of nitrogens with one attached hydrogen (secondary N) is 2. The summed E-state index contributed by atoms with van der Waals surface area (Å²) in [7, 11) is 0. The average molecular weight is 332 g/mol. The van der Waals surface area contributed by atoms with Crippen LogP contribution in [-0.4, -0.2) is 37.8 Å². The summed E-state index contributed by atoms with van der Waals surface area (Å²) in [5.74, 6) is 1.67. The van der Waals surface area contributed by atoms with E-state index in [1.54, 1.807) is 4.90 Å². The van der Waals surface area contributed by atoms with Crippen LogP contribution in [0.25, 0.3) is 0 Å². The Morgan fingerprint density at radius 3 is 2.79 bits per heavy atom. The average Bonchev–Trinajstić information content (AvgIpc) is 3.08. The molecule has 1 aliphatic rings. The van der Waals surface area contributed by atoms with Gasteiger partial charge < -0.3 is 14.7 Å². The van der Waals surface area contributed by atoms with Crippen LogP contribution in [0.4, 0.5) is 4.79 Å². The van der Waals surface area contributed by atoms with Crippen LogP contribution < -0.4 is 5.32 Å². The molecule has 1 fully saturated rings. The van der Waals surface area contributed by atoms with Crippen LogP contribution in [0.5, 0.6) is 0 Å². The summed E-state index contributed by atoms with van der Waals surface area (Å²) >= 11 is 0. The van der Waals surface area contributed by atoms with Gasteiger partial charge in [-0.25, -0.2) is 4.79 Å². The molecule has 0 radical (unpaired) electrons. The molecule has 8 nitrogen and oxygen atoms in total. The summed E-state index contributed by atoms with van der Waals surface area (Å²) < 4.78 is 5.31. The molecule has 0 aromatic carbocycles. The van der Waals surface area contributed by atoms with Crippen molar-refractivity contribution in [2.45, 2.75) is 59.0 Å². The number of urea groups is 1. The van der Waals surface area contributed by atoms with Crippen molar-refractivity contribution in [2.75, 3.05) is 6.54 Å². The fraction of sp³-hybridized carbons (Fsp3) is 0.625. The first-order valence-electron chi connectivity index (χ1n) is 8.44. The minimum absolute atomic E-state index is 0.146. The zero-order valence-electron chi connectivity index (χ0n) is 14.4. The first-order chi connectivity index (χ1) is 11.6. The molecular weight excluding hydrogens is 308 g/mol. The second-order valence-corrected chi connectivity index (χ2v) is 6.26. The van der Waals surface area contributed by atoms with E-state index in [-0.39, 0.29) is 6.03 Å². The van der Waals surface area contributed by atoms with E-state index in [1.807, 2.05) is 20.8 Å². The highest BCUT2D eigenvalue weighted by atomic mass is 16.5. The fourth-order valence-corrected chi connectivity index (χ4v) is 2.76. The number of H-pyrrole nitrogens is 1. The van der Waals surface area contributed by atoms with Crippen molar-refractivity contribution in [3.05, 3.63) is 28.7 Å². The second-order valence-electron chi connectivity index (χ2n) is 6.26. The van der Waals surface area contributed by atoms with Crippen molar-refractivity contribution in [1.29, 1.82) is 0 Å². The number of hydrogen-bond acceptors (Lipinski definition) is 5. The van der Waals surface area contributed by atoms with Gasteiger partial charge in [-0.3, -0.25) is 5.10 Å². The van der Waals surface area contributed by atoms with Gasteiger partial charge in [0.1, 0.15) is 0 Å². The van der Waals surface area contributed by atoms with E-state index in [0.717, 1.165) is 29.8 Å². The van der Waals surface area contributed by atoms with E-state index in [0.29, 0.717) is 37.3 Å². The third-order valence-electron chi connectivity index (χ3n) is 4.64. The molecule has 0 atom stereocenters. The maximum absolute atomic E-state index is 12.4. The van der Waals surface area contributed by atoms with Crippen molar-refractivity contribution >= 4 is 6.03 Å². The molecule has 0 unspecified atom stereocenters. The number of hydrogen-bond donors (Lipinski definition) is 2. The summed E-state index contributed by atoms with van der Waals surface area (Å²) in [5.41, 5.74) is 2.89. The molecule has 2 heterocycles. The standard InChI is InChI=1S/C16H24N6O2/c1-4-22(9-14-18-15(24-21-14)12-6-5-7-12)16(23)17-8-13-10(2)19-20-11(13)3/h12H,4-9H2,1-3H3,(H,17,23)(H,19,20). The Labute approximate surface area is 141 Å². The van der Waals surface area contributed by atoms with Crippen LogP contribution in [0.1, 0.15) is 60.8 Å². The predicted octanol–water partition coefficient (Wildman–Crippen LogP) is 2.41. The molecule has 0 aliphatic heterocycles. The molecule has 2 N–H and O–H groups in total. The molecule has 8 heteroatoms. The van der Waals surface area contributed by atoms with Crippen LogP contribution in [0.2, 0.25) is 0 Å². The summed E-state index contributed by atoms with van der Waals surface area (Å²) in [6.45, 7) is 7.17. The van der Waals surface area contributed by atoms with Crippen LogP contribution in [0, 0.1) is 13.8 Å². The first-order valence-corrected chi connectivity index (χ1v) is 8.44. The van der Waals surface area contributed by atoms with E-state index in [9.17, 15) is 4.79 Å². The van der Waals surface area contributed by atoms with E-state index < -0.39 is 0 Å². The number of carbonyl (C=O) groups excluding carboxylic acids is 1. The Hall–Kier alpha value is -2.38. The van der Waals surface area contributed by atoms with Gasteiger partial charge in [0.25, 0.3) is 0 Å². The topological polar surface area (TPSA) is 99.9 Å². The minimum Gasteiger partial charge on any atom is -0.339 e. The summed E-state index contributed by atoms with van der Waals surface area (Å²) in [5, 5.41) is 14.0. The van der Waals surface area contributed by atoms with Gasteiger partial charge in [0, 0.05) is 30.3 Å². The third kappa shape index (κ3) is 3.42. The van der Waals surface area contributed by atoms with Gasteiger partial charge in [-0.1, -0.05) is 11.6 Å². The summed E-state index contributed by atoms with van der Waals surface area (Å²) in [4.78, 5) is 18.5. The van der Waals surface area contributed by atoms with E-state index in [2.05, 4.69) is 25.7 Å². The van der Waals surface area contributed by atoms with E-state index in [4.69, 9.17) is 4.52 Å². The lowest BCUT2D eigenvalue weighted by atomic mass is 9.85. The van der Waals surface area contributed by atoms with E-state index >= 15 is 0 Å². The van der Waals surface area contributed by atoms with E-state index in [1.165, 1.54) is 6.42 Å². The maximum Gasteiger partial charge on any atom is 0.318 e. The zero-order chi connectivity index (χ0) is 17.1. The molecule has 3 rings (SSSR count). The number of rotatable bonds is 6. The molecule has 24 heavy (non-hydrogen) atoms. The Morgan fingerprint density at radius 1 is 1.42 bits per heavy atom. The van der Waals surface area contributed by atoms with Crippen LogP contribution in [0.15, 0.2) is 4.52 Å². The first kappa shape index (κ1) is 16.5. The normalized spacial score (nSPS) is 14.5. The van der Waals surface area contributed by atoms with Crippen molar-refractivity contribution in [3.8, 4) is 0 Å².